The lowest BCUT2D eigenvalue weighted by Crippen LogP contribution is -2.13. The average Bonchev–Trinajstić information content (AvgIpc) is 2.14. The van der Waals surface area contributed by atoms with Gasteiger partial charge >= 0.3 is 11.9 Å². The van der Waals surface area contributed by atoms with Crippen LogP contribution in [0.25, 0.3) is 0 Å². The number of Topliss-reactive ketones (excluding diaryl/α,β-unsaturated/α-hetero) is 1. The van der Waals surface area contributed by atoms with Gasteiger partial charge < -0.3 is 9.84 Å². The molecule has 0 aliphatic rings. The summed E-state index contributed by atoms with van der Waals surface area (Å²) in [6.07, 6.45) is 0.961. The third-order valence-corrected chi connectivity index (χ3v) is 1.49. The molecule has 0 atom stereocenters. The number of carboxylic acids is 1. The number of hydrogen-bond acceptors (Lipinski definition) is 4. The van der Waals surface area contributed by atoms with E-state index in [1.807, 2.05) is 6.92 Å². The zero-order chi connectivity index (χ0) is 11.0. The minimum atomic E-state index is -1.45. The Morgan fingerprint density at radius 3 is 2.36 bits per heavy atom. The highest BCUT2D eigenvalue weighted by atomic mass is 16.5. The Hall–Kier alpha value is -1.39. The van der Waals surface area contributed by atoms with E-state index in [0.717, 1.165) is 6.42 Å². The highest BCUT2D eigenvalue weighted by molar-refractivity contribution is 6.32. The van der Waals surface area contributed by atoms with Crippen LogP contribution in [0.4, 0.5) is 0 Å². The normalized spacial score (nSPS) is 9.50. The first-order chi connectivity index (χ1) is 6.57. The van der Waals surface area contributed by atoms with E-state index >= 15 is 0 Å². The Morgan fingerprint density at radius 1 is 1.21 bits per heavy atom. The molecule has 0 amide bonds. The molecule has 0 aromatic carbocycles. The summed E-state index contributed by atoms with van der Waals surface area (Å²) in [5, 5.41) is 8.22. The van der Waals surface area contributed by atoms with E-state index in [1.165, 1.54) is 0 Å². The van der Waals surface area contributed by atoms with Crippen LogP contribution in [0.2, 0.25) is 0 Å². The molecule has 0 bridgehead atoms. The van der Waals surface area contributed by atoms with Crippen LogP contribution < -0.4 is 0 Å². The van der Waals surface area contributed by atoms with Gasteiger partial charge in [-0.3, -0.25) is 9.59 Å². The first kappa shape index (κ1) is 12.6. The molecule has 0 saturated heterocycles. The predicted octanol–water partition coefficient (Wildman–Crippen LogP) is 0.764. The molecule has 0 saturated carbocycles. The van der Waals surface area contributed by atoms with Crippen molar-refractivity contribution in [2.75, 3.05) is 6.61 Å². The van der Waals surface area contributed by atoms with Crippen molar-refractivity contribution in [2.24, 2.45) is 0 Å². The van der Waals surface area contributed by atoms with Crippen LogP contribution in [0.15, 0.2) is 0 Å². The highest BCUT2D eigenvalue weighted by Gasteiger charge is 2.11. The van der Waals surface area contributed by atoms with Crippen LogP contribution in [-0.2, 0) is 19.1 Å². The second kappa shape index (κ2) is 7.06. The summed E-state index contributed by atoms with van der Waals surface area (Å²) in [6, 6.07) is 0. The van der Waals surface area contributed by atoms with Crippen LogP contribution in [0, 0.1) is 0 Å². The molecule has 0 aliphatic heterocycles. The summed E-state index contributed by atoms with van der Waals surface area (Å²) in [6.45, 7) is 2.24. The number of rotatable bonds is 7. The van der Waals surface area contributed by atoms with Gasteiger partial charge in [0.1, 0.15) is 0 Å². The van der Waals surface area contributed by atoms with Crippen LogP contribution in [0.1, 0.15) is 32.6 Å². The van der Waals surface area contributed by atoms with Gasteiger partial charge in [0.05, 0.1) is 6.61 Å². The number of aliphatic carboxylic acids is 1. The summed E-state index contributed by atoms with van der Waals surface area (Å²) in [4.78, 5) is 31.5. The van der Waals surface area contributed by atoms with E-state index in [2.05, 4.69) is 0 Å². The maximum absolute atomic E-state index is 10.9. The Morgan fingerprint density at radius 2 is 1.86 bits per heavy atom. The van der Waals surface area contributed by atoms with Gasteiger partial charge in [0.15, 0.2) is 0 Å². The molecule has 0 aliphatic carbocycles. The summed E-state index contributed by atoms with van der Waals surface area (Å²) in [7, 11) is 0. The fraction of sp³-hybridized carbons (Fsp3) is 0.667. The Balaban J connectivity index is 3.49. The fourth-order valence-corrected chi connectivity index (χ4v) is 0.788. The van der Waals surface area contributed by atoms with Crippen molar-refractivity contribution in [3.63, 3.8) is 0 Å². The monoisotopic (exact) mass is 202 g/mol. The van der Waals surface area contributed by atoms with E-state index in [-0.39, 0.29) is 25.2 Å². The average molecular weight is 202 g/mol. The van der Waals surface area contributed by atoms with Crippen molar-refractivity contribution in [1.82, 2.24) is 0 Å². The standard InChI is InChI=1S/C9H14O5/c1-2-6-14-8(11)5-3-4-7(10)9(12)13/h2-6H2,1H3,(H,12,13). The third kappa shape index (κ3) is 6.16. The lowest BCUT2D eigenvalue weighted by molar-refractivity contribution is -0.149. The molecule has 0 unspecified atom stereocenters. The predicted molar refractivity (Wildman–Crippen MR) is 47.7 cm³/mol. The topological polar surface area (TPSA) is 80.7 Å². The van der Waals surface area contributed by atoms with Crippen molar-refractivity contribution in [3.8, 4) is 0 Å². The molecule has 5 nitrogen and oxygen atoms in total. The summed E-state index contributed by atoms with van der Waals surface area (Å²) in [5.74, 6) is -2.70. The maximum atomic E-state index is 10.9. The lowest BCUT2D eigenvalue weighted by atomic mass is 10.2. The van der Waals surface area contributed by atoms with Crippen molar-refractivity contribution >= 4 is 17.7 Å². The van der Waals surface area contributed by atoms with Crippen LogP contribution in [0.3, 0.4) is 0 Å². The van der Waals surface area contributed by atoms with Crippen molar-refractivity contribution in [2.45, 2.75) is 32.6 Å². The summed E-state index contributed by atoms with van der Waals surface area (Å²) in [5.41, 5.74) is 0. The van der Waals surface area contributed by atoms with Crippen molar-refractivity contribution < 1.29 is 24.2 Å². The molecular weight excluding hydrogens is 188 g/mol. The molecule has 0 aromatic rings. The summed E-state index contributed by atoms with van der Waals surface area (Å²) >= 11 is 0. The highest BCUT2D eigenvalue weighted by Crippen LogP contribution is 1.99. The second-order valence-electron chi connectivity index (χ2n) is 2.80. The summed E-state index contributed by atoms with van der Waals surface area (Å²) < 4.78 is 4.74. The quantitative estimate of drug-likeness (QED) is 0.487. The van der Waals surface area contributed by atoms with Crippen LogP contribution in [-0.4, -0.2) is 29.4 Å². The molecule has 0 fully saturated rings. The van der Waals surface area contributed by atoms with Gasteiger partial charge in [-0.2, -0.15) is 0 Å². The van der Waals surface area contributed by atoms with Crippen molar-refractivity contribution in [3.05, 3.63) is 0 Å². The fourth-order valence-electron chi connectivity index (χ4n) is 0.788. The Labute approximate surface area is 82.1 Å². The smallest absolute Gasteiger partial charge is 0.372 e. The Bertz CT molecular complexity index is 221. The minimum absolute atomic E-state index is 0.0962. The number of carbonyl (C=O) groups is 3. The van der Waals surface area contributed by atoms with Gasteiger partial charge in [-0.15, -0.1) is 0 Å². The van der Waals surface area contributed by atoms with E-state index in [4.69, 9.17) is 9.84 Å². The molecular formula is C9H14O5. The van der Waals surface area contributed by atoms with E-state index in [1.54, 1.807) is 0 Å². The molecule has 0 radical (unpaired) electrons. The zero-order valence-electron chi connectivity index (χ0n) is 8.12. The Kier molecular flexibility index (Phi) is 6.36. The molecule has 1 N–H and O–H groups in total. The van der Waals surface area contributed by atoms with E-state index in [0.29, 0.717) is 6.61 Å². The first-order valence-corrected chi connectivity index (χ1v) is 4.49. The van der Waals surface area contributed by atoms with Gasteiger partial charge in [-0.1, -0.05) is 6.92 Å². The number of carboxylic acid groups (broad SMARTS) is 1. The number of ketones is 1. The van der Waals surface area contributed by atoms with Gasteiger partial charge in [0, 0.05) is 12.8 Å². The molecule has 0 aromatic heterocycles. The molecule has 5 heteroatoms. The first-order valence-electron chi connectivity index (χ1n) is 4.49. The van der Waals surface area contributed by atoms with Gasteiger partial charge in [-0.05, 0) is 12.8 Å². The second-order valence-corrected chi connectivity index (χ2v) is 2.80. The third-order valence-electron chi connectivity index (χ3n) is 1.49. The molecule has 0 spiro atoms. The number of hydrogen-bond donors (Lipinski definition) is 1. The van der Waals surface area contributed by atoms with Crippen LogP contribution in [0.5, 0.6) is 0 Å². The van der Waals surface area contributed by atoms with Gasteiger partial charge in [-0.25, -0.2) is 4.79 Å². The van der Waals surface area contributed by atoms with Crippen molar-refractivity contribution in [1.29, 1.82) is 0 Å². The van der Waals surface area contributed by atoms with E-state index in [9.17, 15) is 14.4 Å². The molecule has 0 rings (SSSR count). The maximum Gasteiger partial charge on any atom is 0.372 e. The molecule has 14 heavy (non-hydrogen) atoms. The van der Waals surface area contributed by atoms with Crippen LogP contribution >= 0.6 is 0 Å². The molecule has 0 heterocycles. The number of esters is 1. The van der Waals surface area contributed by atoms with Gasteiger partial charge in [0.25, 0.3) is 0 Å². The lowest BCUT2D eigenvalue weighted by Gasteiger charge is -2.01. The number of carbonyl (C=O) groups excluding carboxylic acids is 2. The zero-order valence-corrected chi connectivity index (χ0v) is 8.12. The largest absolute Gasteiger partial charge is 0.476 e. The SMILES string of the molecule is CCCOC(=O)CCCC(=O)C(=O)O. The van der Waals surface area contributed by atoms with Gasteiger partial charge in [0.2, 0.25) is 5.78 Å². The number of ether oxygens (including phenoxy) is 1. The van der Waals surface area contributed by atoms with E-state index < -0.39 is 11.8 Å². The minimum Gasteiger partial charge on any atom is -0.476 e. The molecule has 80 valence electrons.